The van der Waals surface area contributed by atoms with Gasteiger partial charge in [0, 0.05) is 0 Å². The van der Waals surface area contributed by atoms with Crippen LogP contribution in [0.3, 0.4) is 0 Å². The summed E-state index contributed by atoms with van der Waals surface area (Å²) in [5, 5.41) is 0. The number of rotatable bonds is 2. The molecule has 1 aromatic heterocycles. The second-order valence-corrected chi connectivity index (χ2v) is 3.94. The average Bonchev–Trinajstić information content (AvgIpc) is 2.36. The summed E-state index contributed by atoms with van der Waals surface area (Å²) in [7, 11) is 0. The Morgan fingerprint density at radius 3 is 2.35 bits per heavy atom. The fraction of sp³-hybridized carbons (Fsp3) is 0.0714. The summed E-state index contributed by atoms with van der Waals surface area (Å²) in [6.45, 7) is 0. The highest BCUT2D eigenvalue weighted by Gasteiger charge is 2.30. The third-order valence-electron chi connectivity index (χ3n) is 2.45. The van der Waals surface area contributed by atoms with Gasteiger partial charge in [-0.05, 0) is 35.9 Å². The van der Waals surface area contributed by atoms with Crippen LogP contribution >= 0.6 is 12.4 Å². The Labute approximate surface area is 120 Å². The van der Waals surface area contributed by atoms with Crippen LogP contribution in [-0.2, 0) is 6.18 Å². The van der Waals surface area contributed by atoms with Crippen LogP contribution in [0, 0.1) is 0 Å². The number of alkyl halides is 3. The molecule has 0 unspecified atom stereocenters. The first-order valence-corrected chi connectivity index (χ1v) is 5.53. The summed E-state index contributed by atoms with van der Waals surface area (Å²) in [4.78, 5) is 4.03. The van der Waals surface area contributed by atoms with Crippen molar-refractivity contribution in [1.29, 1.82) is 0 Å². The molecule has 1 aromatic carbocycles. The van der Waals surface area contributed by atoms with E-state index in [0.717, 1.165) is 12.1 Å². The molecule has 0 saturated heterocycles. The molecule has 20 heavy (non-hydrogen) atoms. The Kier molecular flexibility index (Phi) is 5.16. The van der Waals surface area contributed by atoms with E-state index in [1.165, 1.54) is 6.07 Å². The van der Waals surface area contributed by atoms with Crippen LogP contribution in [0.2, 0.25) is 0 Å². The number of pyridine rings is 1. The Morgan fingerprint density at radius 1 is 1.00 bits per heavy atom. The highest BCUT2D eigenvalue weighted by molar-refractivity contribution is 5.85. The van der Waals surface area contributed by atoms with E-state index in [1.807, 2.05) is 0 Å². The third kappa shape index (κ3) is 4.28. The summed E-state index contributed by atoms with van der Waals surface area (Å²) in [6, 6.07) is 10.2. The van der Waals surface area contributed by atoms with Gasteiger partial charge in [-0.15, -0.1) is 12.4 Å². The van der Waals surface area contributed by atoms with Gasteiger partial charge in [-0.2, -0.15) is 13.2 Å². The van der Waals surface area contributed by atoms with Crippen molar-refractivity contribution >= 4 is 30.4 Å². The first-order valence-electron chi connectivity index (χ1n) is 5.53. The molecular formula is C14H12ClF3N2. The Balaban J connectivity index is 0.00000200. The summed E-state index contributed by atoms with van der Waals surface area (Å²) in [5.41, 5.74) is 5.90. The minimum atomic E-state index is -4.33. The summed E-state index contributed by atoms with van der Waals surface area (Å²) in [5.74, 6) is 0.367. The predicted octanol–water partition coefficient (Wildman–Crippen LogP) is 4.27. The van der Waals surface area contributed by atoms with Gasteiger partial charge in [0.05, 0.1) is 11.3 Å². The molecular weight excluding hydrogens is 289 g/mol. The normalized spacial score (nSPS) is 11.3. The maximum absolute atomic E-state index is 12.5. The quantitative estimate of drug-likeness (QED) is 0.899. The van der Waals surface area contributed by atoms with E-state index in [2.05, 4.69) is 4.98 Å². The molecule has 0 bridgehead atoms. The number of aromatic nitrogens is 1. The van der Waals surface area contributed by atoms with E-state index in [1.54, 1.807) is 36.4 Å². The van der Waals surface area contributed by atoms with Crippen LogP contribution in [0.5, 0.6) is 0 Å². The van der Waals surface area contributed by atoms with Crippen LogP contribution in [0.4, 0.5) is 19.0 Å². The molecule has 0 fully saturated rings. The minimum Gasteiger partial charge on any atom is -0.384 e. The Hall–Kier alpha value is -2.01. The first-order chi connectivity index (χ1) is 8.95. The summed E-state index contributed by atoms with van der Waals surface area (Å²) in [6.07, 6.45) is -1.15. The topological polar surface area (TPSA) is 38.9 Å². The molecule has 2 nitrogen and oxygen atoms in total. The van der Waals surface area contributed by atoms with Gasteiger partial charge in [0.1, 0.15) is 5.82 Å². The molecule has 0 aliphatic carbocycles. The van der Waals surface area contributed by atoms with Gasteiger partial charge in [0.25, 0.3) is 0 Å². The van der Waals surface area contributed by atoms with E-state index in [-0.39, 0.29) is 12.4 Å². The smallest absolute Gasteiger partial charge is 0.384 e. The van der Waals surface area contributed by atoms with Crippen molar-refractivity contribution in [3.05, 3.63) is 59.3 Å². The minimum absolute atomic E-state index is 0. The van der Waals surface area contributed by atoms with Crippen LogP contribution in [-0.4, -0.2) is 4.98 Å². The van der Waals surface area contributed by atoms with Gasteiger partial charge in [0.15, 0.2) is 0 Å². The number of nitrogens with zero attached hydrogens (tertiary/aromatic N) is 1. The molecule has 6 heteroatoms. The van der Waals surface area contributed by atoms with Crippen LogP contribution in [0.25, 0.3) is 12.2 Å². The standard InChI is InChI=1S/C14H11F3N2.ClH/c15-14(16,17)11-4-1-3-10(9-11)7-8-12-5-2-6-13(18)19-12;/h1-9H,(H2,18,19);1H/b8-7+;. The monoisotopic (exact) mass is 300 g/mol. The van der Waals surface area contributed by atoms with Gasteiger partial charge in [-0.25, -0.2) is 4.98 Å². The van der Waals surface area contributed by atoms with E-state index in [4.69, 9.17) is 5.73 Å². The predicted molar refractivity (Wildman–Crippen MR) is 76.3 cm³/mol. The molecule has 0 radical (unpaired) electrons. The van der Waals surface area contributed by atoms with Gasteiger partial charge in [-0.3, -0.25) is 0 Å². The molecule has 1 heterocycles. The van der Waals surface area contributed by atoms with Gasteiger partial charge < -0.3 is 5.73 Å². The van der Waals surface area contributed by atoms with Crippen molar-refractivity contribution in [3.63, 3.8) is 0 Å². The van der Waals surface area contributed by atoms with E-state index in [0.29, 0.717) is 17.1 Å². The number of nitrogens with two attached hydrogens (primary N) is 1. The van der Waals surface area contributed by atoms with Crippen LogP contribution in [0.15, 0.2) is 42.5 Å². The zero-order valence-corrected chi connectivity index (χ0v) is 11.1. The van der Waals surface area contributed by atoms with Crippen molar-refractivity contribution in [2.75, 3.05) is 5.73 Å². The number of halogens is 4. The maximum Gasteiger partial charge on any atom is 0.416 e. The van der Waals surface area contributed by atoms with Gasteiger partial charge in [0.2, 0.25) is 0 Å². The molecule has 2 N–H and O–H groups in total. The third-order valence-corrected chi connectivity index (χ3v) is 2.45. The number of hydrogen-bond donors (Lipinski definition) is 1. The highest BCUT2D eigenvalue weighted by Crippen LogP contribution is 2.29. The van der Waals surface area contributed by atoms with Crippen molar-refractivity contribution < 1.29 is 13.2 Å². The lowest BCUT2D eigenvalue weighted by molar-refractivity contribution is -0.137. The van der Waals surface area contributed by atoms with E-state index < -0.39 is 11.7 Å². The highest BCUT2D eigenvalue weighted by atomic mass is 35.5. The summed E-state index contributed by atoms with van der Waals surface area (Å²) < 4.78 is 37.6. The molecule has 0 spiro atoms. The molecule has 0 saturated carbocycles. The lowest BCUT2D eigenvalue weighted by Gasteiger charge is -2.06. The number of hydrogen-bond acceptors (Lipinski definition) is 2. The molecule has 0 amide bonds. The van der Waals surface area contributed by atoms with Crippen molar-refractivity contribution in [3.8, 4) is 0 Å². The molecule has 2 rings (SSSR count). The SMILES string of the molecule is Cl.Nc1cccc(/C=C/c2cccc(C(F)(F)F)c2)n1. The second kappa shape index (κ2) is 6.43. The van der Waals surface area contributed by atoms with Gasteiger partial charge >= 0.3 is 6.18 Å². The largest absolute Gasteiger partial charge is 0.416 e. The maximum atomic E-state index is 12.5. The Bertz CT molecular complexity index is 609. The van der Waals surface area contributed by atoms with Crippen molar-refractivity contribution in [2.24, 2.45) is 0 Å². The Morgan fingerprint density at radius 2 is 1.70 bits per heavy atom. The lowest BCUT2D eigenvalue weighted by atomic mass is 10.1. The molecule has 0 atom stereocenters. The average molecular weight is 301 g/mol. The number of anilines is 1. The van der Waals surface area contributed by atoms with E-state index in [9.17, 15) is 13.2 Å². The van der Waals surface area contributed by atoms with Crippen LogP contribution in [0.1, 0.15) is 16.8 Å². The van der Waals surface area contributed by atoms with Crippen molar-refractivity contribution in [1.82, 2.24) is 4.98 Å². The van der Waals surface area contributed by atoms with Gasteiger partial charge in [-0.1, -0.05) is 24.3 Å². The fourth-order valence-electron chi connectivity index (χ4n) is 1.56. The molecule has 2 aromatic rings. The number of benzene rings is 1. The summed E-state index contributed by atoms with van der Waals surface area (Å²) >= 11 is 0. The molecule has 0 aliphatic rings. The fourth-order valence-corrected chi connectivity index (χ4v) is 1.56. The lowest BCUT2D eigenvalue weighted by Crippen LogP contribution is -2.04. The second-order valence-electron chi connectivity index (χ2n) is 3.94. The first kappa shape index (κ1) is 16.0. The van der Waals surface area contributed by atoms with E-state index >= 15 is 0 Å². The molecule has 106 valence electrons. The molecule has 0 aliphatic heterocycles. The van der Waals surface area contributed by atoms with Crippen LogP contribution < -0.4 is 5.73 Å². The zero-order chi connectivity index (χ0) is 13.9. The zero-order valence-electron chi connectivity index (χ0n) is 10.3. The number of nitrogen functional groups attached to an aromatic ring is 1. The van der Waals surface area contributed by atoms with Crippen molar-refractivity contribution in [2.45, 2.75) is 6.18 Å².